The van der Waals surface area contributed by atoms with E-state index in [1.165, 1.54) is 4.90 Å². The molecule has 1 unspecified atom stereocenters. The zero-order chi connectivity index (χ0) is 34.8. The number of sulfonamides is 1. The number of benzene rings is 4. The standard InChI is InChI=1S/C39H47N3O5S/c1-28(2)25-40-39(44)37(24-31-11-8-7-9-12-31)41(26-32-13-10-14-35(23-32)47-6)38(43)27-42(34-19-17-33(18-20-34)29(3)4)48(45,46)36-21-15-30(5)16-22-36/h7-23,28-29,37H,24-27H2,1-6H3,(H,40,44). The third kappa shape index (κ3) is 9.47. The lowest BCUT2D eigenvalue weighted by molar-refractivity contribution is -0.140. The topological polar surface area (TPSA) is 96.0 Å². The molecule has 0 saturated carbocycles. The molecule has 0 aliphatic carbocycles. The highest BCUT2D eigenvalue weighted by Gasteiger charge is 2.34. The van der Waals surface area contributed by atoms with E-state index in [4.69, 9.17) is 4.74 Å². The number of carbonyl (C=O) groups is 2. The van der Waals surface area contributed by atoms with Gasteiger partial charge in [0.15, 0.2) is 0 Å². The van der Waals surface area contributed by atoms with Crippen molar-refractivity contribution in [2.24, 2.45) is 5.92 Å². The molecule has 4 rings (SSSR count). The summed E-state index contributed by atoms with van der Waals surface area (Å²) in [6, 6.07) is 29.7. The van der Waals surface area contributed by atoms with Crippen molar-refractivity contribution in [1.29, 1.82) is 0 Å². The van der Waals surface area contributed by atoms with Crippen molar-refractivity contribution in [1.82, 2.24) is 10.2 Å². The molecule has 0 radical (unpaired) electrons. The molecule has 1 N–H and O–H groups in total. The van der Waals surface area contributed by atoms with Crippen LogP contribution >= 0.6 is 0 Å². The summed E-state index contributed by atoms with van der Waals surface area (Å²) in [7, 11) is -2.61. The smallest absolute Gasteiger partial charge is 0.264 e. The molecule has 9 heteroatoms. The van der Waals surface area contributed by atoms with E-state index in [1.807, 2.05) is 87.5 Å². The van der Waals surface area contributed by atoms with Crippen LogP contribution in [0.2, 0.25) is 0 Å². The highest BCUT2D eigenvalue weighted by atomic mass is 32.2. The first-order chi connectivity index (χ1) is 22.9. The van der Waals surface area contributed by atoms with Crippen molar-refractivity contribution in [3.8, 4) is 5.75 Å². The van der Waals surface area contributed by atoms with E-state index in [0.717, 1.165) is 26.6 Å². The van der Waals surface area contributed by atoms with E-state index in [9.17, 15) is 18.0 Å². The lowest BCUT2D eigenvalue weighted by Crippen LogP contribution is -2.53. The largest absolute Gasteiger partial charge is 0.497 e. The van der Waals surface area contributed by atoms with Crippen LogP contribution in [0.25, 0.3) is 0 Å². The Morgan fingerprint density at radius 1 is 0.812 bits per heavy atom. The van der Waals surface area contributed by atoms with Gasteiger partial charge < -0.3 is 15.0 Å². The summed E-state index contributed by atoms with van der Waals surface area (Å²) in [5, 5.41) is 3.02. The van der Waals surface area contributed by atoms with Gasteiger partial charge in [-0.05, 0) is 71.8 Å². The highest BCUT2D eigenvalue weighted by molar-refractivity contribution is 7.92. The Bertz CT molecular complexity index is 1760. The number of carbonyl (C=O) groups excluding carboxylic acids is 2. The Morgan fingerprint density at radius 2 is 1.46 bits per heavy atom. The molecular formula is C39H47N3O5S. The summed E-state index contributed by atoms with van der Waals surface area (Å²) in [4.78, 5) is 30.2. The summed E-state index contributed by atoms with van der Waals surface area (Å²) >= 11 is 0. The number of aryl methyl sites for hydroxylation is 1. The average molecular weight is 670 g/mol. The van der Waals surface area contributed by atoms with Gasteiger partial charge in [0.05, 0.1) is 17.7 Å². The third-order valence-corrected chi connectivity index (χ3v) is 9.97. The van der Waals surface area contributed by atoms with E-state index in [2.05, 4.69) is 19.2 Å². The second-order valence-corrected chi connectivity index (χ2v) is 14.7. The fraction of sp³-hybridized carbons (Fsp3) is 0.333. The maximum Gasteiger partial charge on any atom is 0.264 e. The molecule has 0 aliphatic rings. The first-order valence-electron chi connectivity index (χ1n) is 16.3. The van der Waals surface area contributed by atoms with E-state index >= 15 is 0 Å². The van der Waals surface area contributed by atoms with E-state index in [-0.39, 0.29) is 35.6 Å². The van der Waals surface area contributed by atoms with Gasteiger partial charge in [0.1, 0.15) is 18.3 Å². The first-order valence-corrected chi connectivity index (χ1v) is 17.8. The van der Waals surface area contributed by atoms with Crippen molar-refractivity contribution >= 4 is 27.5 Å². The van der Waals surface area contributed by atoms with E-state index in [0.29, 0.717) is 18.0 Å². The van der Waals surface area contributed by atoms with Crippen molar-refractivity contribution in [2.45, 2.75) is 64.4 Å². The number of methoxy groups -OCH3 is 1. The van der Waals surface area contributed by atoms with Crippen LogP contribution in [0.15, 0.2) is 108 Å². The van der Waals surface area contributed by atoms with Crippen LogP contribution in [0.3, 0.4) is 0 Å². The van der Waals surface area contributed by atoms with Gasteiger partial charge in [0, 0.05) is 19.5 Å². The van der Waals surface area contributed by atoms with Crippen molar-refractivity contribution in [2.75, 3.05) is 24.5 Å². The molecule has 1 atom stereocenters. The van der Waals surface area contributed by atoms with Gasteiger partial charge in [-0.2, -0.15) is 0 Å². The monoisotopic (exact) mass is 669 g/mol. The van der Waals surface area contributed by atoms with Crippen molar-refractivity contribution < 1.29 is 22.7 Å². The highest BCUT2D eigenvalue weighted by Crippen LogP contribution is 2.27. The van der Waals surface area contributed by atoms with Crippen molar-refractivity contribution in [3.63, 3.8) is 0 Å². The number of rotatable bonds is 15. The quantitative estimate of drug-likeness (QED) is 0.151. The van der Waals surface area contributed by atoms with Crippen LogP contribution in [-0.2, 0) is 32.6 Å². The minimum Gasteiger partial charge on any atom is -0.497 e. The molecule has 4 aromatic carbocycles. The number of nitrogens with one attached hydrogen (secondary N) is 1. The van der Waals surface area contributed by atoms with Gasteiger partial charge in [0.2, 0.25) is 11.8 Å². The van der Waals surface area contributed by atoms with Crippen LogP contribution in [0.4, 0.5) is 5.69 Å². The summed E-state index contributed by atoms with van der Waals surface area (Å²) in [5.41, 5.74) is 3.94. The van der Waals surface area contributed by atoms with Crippen molar-refractivity contribution in [3.05, 3.63) is 125 Å². The fourth-order valence-electron chi connectivity index (χ4n) is 5.34. The predicted octanol–water partition coefficient (Wildman–Crippen LogP) is 6.73. The maximum atomic E-state index is 14.7. The van der Waals surface area contributed by atoms with Crippen LogP contribution in [-0.4, -0.2) is 51.4 Å². The van der Waals surface area contributed by atoms with E-state index < -0.39 is 28.5 Å². The summed E-state index contributed by atoms with van der Waals surface area (Å²) in [6.07, 6.45) is 0.244. The molecule has 8 nitrogen and oxygen atoms in total. The second-order valence-electron chi connectivity index (χ2n) is 12.8. The van der Waals surface area contributed by atoms with Gasteiger partial charge in [-0.25, -0.2) is 8.42 Å². The summed E-state index contributed by atoms with van der Waals surface area (Å²) in [6.45, 7) is 10.0. The molecule has 0 spiro atoms. The zero-order valence-electron chi connectivity index (χ0n) is 28.7. The number of nitrogens with zero attached hydrogens (tertiary/aromatic N) is 2. The normalized spacial score (nSPS) is 12.1. The molecule has 0 fully saturated rings. The lowest BCUT2D eigenvalue weighted by Gasteiger charge is -2.34. The Hall–Kier alpha value is -4.63. The number of anilines is 1. The molecule has 2 amide bonds. The molecule has 0 bridgehead atoms. The van der Waals surface area contributed by atoms with Crippen LogP contribution in [0.1, 0.15) is 55.9 Å². The molecule has 254 valence electrons. The Balaban J connectivity index is 1.82. The molecule has 0 aliphatic heterocycles. The molecule has 4 aromatic rings. The summed E-state index contributed by atoms with van der Waals surface area (Å²) < 4.78 is 35.2. The predicted molar refractivity (Wildman–Crippen MR) is 192 cm³/mol. The van der Waals surface area contributed by atoms with Crippen LogP contribution < -0.4 is 14.4 Å². The average Bonchev–Trinajstić information content (AvgIpc) is 3.08. The number of hydrogen-bond donors (Lipinski definition) is 1. The minimum atomic E-state index is -4.18. The van der Waals surface area contributed by atoms with Gasteiger partial charge in [0.25, 0.3) is 10.0 Å². The number of amides is 2. The number of hydrogen-bond acceptors (Lipinski definition) is 5. The Kier molecular flexibility index (Phi) is 12.4. The van der Waals surface area contributed by atoms with Gasteiger partial charge >= 0.3 is 0 Å². The lowest BCUT2D eigenvalue weighted by atomic mass is 10.0. The fourth-order valence-corrected chi connectivity index (χ4v) is 6.75. The van der Waals surface area contributed by atoms with Gasteiger partial charge in [-0.3, -0.25) is 13.9 Å². The molecule has 0 heterocycles. The van der Waals surface area contributed by atoms with Gasteiger partial charge in [-0.15, -0.1) is 0 Å². The maximum absolute atomic E-state index is 14.7. The van der Waals surface area contributed by atoms with Crippen LogP contribution in [0.5, 0.6) is 5.75 Å². The molecule has 48 heavy (non-hydrogen) atoms. The summed E-state index contributed by atoms with van der Waals surface area (Å²) in [5.74, 6) is 0.222. The third-order valence-electron chi connectivity index (χ3n) is 8.18. The molecule has 0 saturated heterocycles. The molecular weight excluding hydrogens is 623 g/mol. The zero-order valence-corrected chi connectivity index (χ0v) is 29.5. The Morgan fingerprint density at radius 3 is 2.06 bits per heavy atom. The second kappa shape index (κ2) is 16.5. The SMILES string of the molecule is COc1cccc(CN(C(=O)CN(c2ccc(C(C)C)cc2)S(=O)(=O)c2ccc(C)cc2)C(Cc2ccccc2)C(=O)NCC(C)C)c1. The Labute approximate surface area is 285 Å². The van der Waals surface area contributed by atoms with E-state index in [1.54, 1.807) is 43.5 Å². The van der Waals surface area contributed by atoms with Crippen LogP contribution in [0, 0.1) is 12.8 Å². The van der Waals surface area contributed by atoms with Gasteiger partial charge in [-0.1, -0.05) is 100.0 Å². The molecule has 0 aromatic heterocycles. The first kappa shape index (κ1) is 36.2. The number of ether oxygens (including phenoxy) is 1. The minimum absolute atomic E-state index is 0.0628.